The molecule has 0 atom stereocenters. The Morgan fingerprint density at radius 1 is 0.968 bits per heavy atom. The Labute approximate surface area is 198 Å². The van der Waals surface area contributed by atoms with Crippen LogP contribution in [-0.2, 0) is 13.1 Å². The van der Waals surface area contributed by atoms with E-state index in [4.69, 9.17) is 9.15 Å². The lowest BCUT2D eigenvalue weighted by Gasteiger charge is -2.11. The van der Waals surface area contributed by atoms with E-state index >= 15 is 0 Å². The minimum atomic E-state index is 0. The fourth-order valence-electron chi connectivity index (χ4n) is 3.19. The van der Waals surface area contributed by atoms with E-state index in [0.717, 1.165) is 22.4 Å². The van der Waals surface area contributed by atoms with Crippen molar-refractivity contribution in [1.82, 2.24) is 15.6 Å². The minimum absolute atomic E-state index is 0. The Morgan fingerprint density at radius 2 is 1.71 bits per heavy atom. The molecule has 4 rings (SSSR count). The van der Waals surface area contributed by atoms with Gasteiger partial charge in [0, 0.05) is 19.2 Å². The molecule has 0 fully saturated rings. The number of aromatic nitrogens is 1. The molecule has 0 aliphatic carbocycles. The van der Waals surface area contributed by atoms with Gasteiger partial charge < -0.3 is 19.8 Å². The monoisotopic (exact) mass is 528 g/mol. The molecule has 0 saturated heterocycles. The molecule has 0 unspecified atom stereocenters. The van der Waals surface area contributed by atoms with Gasteiger partial charge in [-0.05, 0) is 46.7 Å². The Balaban J connectivity index is 0.00000272. The van der Waals surface area contributed by atoms with Crippen LogP contribution < -0.4 is 15.4 Å². The summed E-state index contributed by atoms with van der Waals surface area (Å²) < 4.78 is 10.9. The number of oxazole rings is 1. The summed E-state index contributed by atoms with van der Waals surface area (Å²) in [4.78, 5) is 8.82. The third kappa shape index (κ3) is 5.75. The van der Waals surface area contributed by atoms with E-state index in [1.54, 1.807) is 20.4 Å². The van der Waals surface area contributed by atoms with Crippen LogP contribution in [0.15, 0.2) is 82.4 Å². The molecular formula is C24H25IN4O2. The number of rotatable bonds is 6. The van der Waals surface area contributed by atoms with Crippen LogP contribution in [0.4, 0.5) is 0 Å². The number of hydrogen-bond acceptors (Lipinski definition) is 4. The van der Waals surface area contributed by atoms with Crippen LogP contribution >= 0.6 is 24.0 Å². The van der Waals surface area contributed by atoms with Crippen LogP contribution in [0.3, 0.4) is 0 Å². The molecule has 0 aliphatic rings. The Bertz CT molecular complexity index is 1160. The molecule has 7 heteroatoms. The van der Waals surface area contributed by atoms with Crippen LogP contribution in [0.1, 0.15) is 11.3 Å². The zero-order valence-electron chi connectivity index (χ0n) is 17.5. The molecule has 3 aromatic carbocycles. The van der Waals surface area contributed by atoms with Crippen molar-refractivity contribution in [3.8, 4) is 17.2 Å². The summed E-state index contributed by atoms with van der Waals surface area (Å²) in [6, 6.07) is 22.3. The first-order chi connectivity index (χ1) is 14.7. The first-order valence-corrected chi connectivity index (χ1v) is 9.76. The van der Waals surface area contributed by atoms with Crippen molar-refractivity contribution in [1.29, 1.82) is 0 Å². The largest absolute Gasteiger partial charge is 0.497 e. The smallest absolute Gasteiger partial charge is 0.226 e. The molecule has 2 N–H and O–H groups in total. The van der Waals surface area contributed by atoms with Crippen LogP contribution in [-0.4, -0.2) is 25.1 Å². The molecule has 1 heterocycles. The standard InChI is InChI=1S/C24H24N4O2.HI/c1-25-24(27-15-21-16-30-23(28-21)18-6-4-3-5-7-18)26-14-17-8-9-20-13-22(29-2)11-10-19(20)12-17;/h3-13,16H,14-15H2,1-2H3,(H2,25,26,27);1H. The number of guanidine groups is 1. The summed E-state index contributed by atoms with van der Waals surface area (Å²) in [5.74, 6) is 2.18. The number of nitrogens with zero attached hydrogens (tertiary/aromatic N) is 2. The molecule has 0 amide bonds. The molecule has 0 bridgehead atoms. The van der Waals surface area contributed by atoms with Crippen molar-refractivity contribution in [2.75, 3.05) is 14.2 Å². The van der Waals surface area contributed by atoms with E-state index in [-0.39, 0.29) is 24.0 Å². The van der Waals surface area contributed by atoms with Gasteiger partial charge in [0.2, 0.25) is 5.89 Å². The lowest BCUT2D eigenvalue weighted by atomic mass is 10.1. The third-order valence-corrected chi connectivity index (χ3v) is 4.80. The number of methoxy groups -OCH3 is 1. The summed E-state index contributed by atoms with van der Waals surface area (Å²) in [7, 11) is 3.43. The van der Waals surface area contributed by atoms with Crippen LogP contribution in [0.5, 0.6) is 5.75 Å². The van der Waals surface area contributed by atoms with Crippen molar-refractivity contribution in [3.63, 3.8) is 0 Å². The maximum Gasteiger partial charge on any atom is 0.226 e. The van der Waals surface area contributed by atoms with Gasteiger partial charge in [-0.1, -0.05) is 36.4 Å². The zero-order chi connectivity index (χ0) is 20.8. The maximum absolute atomic E-state index is 5.58. The van der Waals surface area contributed by atoms with Crippen molar-refractivity contribution in [3.05, 3.63) is 84.3 Å². The second-order valence-corrected chi connectivity index (χ2v) is 6.84. The lowest BCUT2D eigenvalue weighted by Crippen LogP contribution is -2.36. The second-order valence-electron chi connectivity index (χ2n) is 6.84. The highest BCUT2D eigenvalue weighted by Crippen LogP contribution is 2.22. The van der Waals surface area contributed by atoms with Gasteiger partial charge in [0.15, 0.2) is 5.96 Å². The van der Waals surface area contributed by atoms with Crippen molar-refractivity contribution < 1.29 is 9.15 Å². The summed E-state index contributed by atoms with van der Waals surface area (Å²) in [6.07, 6.45) is 1.67. The van der Waals surface area contributed by atoms with Gasteiger partial charge in [-0.3, -0.25) is 4.99 Å². The number of hydrogen-bond donors (Lipinski definition) is 2. The third-order valence-electron chi connectivity index (χ3n) is 4.80. The van der Waals surface area contributed by atoms with E-state index in [1.165, 1.54) is 10.9 Å². The van der Waals surface area contributed by atoms with E-state index in [1.807, 2.05) is 42.5 Å². The second kappa shape index (κ2) is 10.8. The van der Waals surface area contributed by atoms with Gasteiger partial charge in [0.05, 0.1) is 19.3 Å². The van der Waals surface area contributed by atoms with Crippen LogP contribution in [0.25, 0.3) is 22.2 Å². The topological polar surface area (TPSA) is 71.7 Å². The quantitative estimate of drug-likeness (QED) is 0.210. The highest BCUT2D eigenvalue weighted by Gasteiger charge is 2.07. The fourth-order valence-corrected chi connectivity index (χ4v) is 3.19. The van der Waals surface area contributed by atoms with Gasteiger partial charge in [-0.25, -0.2) is 4.98 Å². The zero-order valence-corrected chi connectivity index (χ0v) is 19.8. The normalized spacial score (nSPS) is 11.1. The number of halogens is 1. The Hall–Kier alpha value is -3.07. The van der Waals surface area contributed by atoms with E-state index in [2.05, 4.69) is 44.9 Å². The van der Waals surface area contributed by atoms with Gasteiger partial charge in [0.25, 0.3) is 0 Å². The molecule has 31 heavy (non-hydrogen) atoms. The molecular weight excluding hydrogens is 503 g/mol. The Kier molecular flexibility index (Phi) is 7.88. The van der Waals surface area contributed by atoms with Crippen molar-refractivity contribution in [2.24, 2.45) is 4.99 Å². The number of nitrogens with one attached hydrogen (secondary N) is 2. The van der Waals surface area contributed by atoms with Crippen molar-refractivity contribution in [2.45, 2.75) is 13.1 Å². The summed E-state index contributed by atoms with van der Waals surface area (Å²) in [5, 5.41) is 8.94. The van der Waals surface area contributed by atoms with Crippen LogP contribution in [0, 0.1) is 0 Å². The molecule has 160 valence electrons. The lowest BCUT2D eigenvalue weighted by molar-refractivity contribution is 0.415. The highest BCUT2D eigenvalue weighted by atomic mass is 127. The molecule has 4 aromatic rings. The van der Waals surface area contributed by atoms with E-state index in [9.17, 15) is 0 Å². The number of aliphatic imine (C=N–C) groups is 1. The maximum atomic E-state index is 5.58. The van der Waals surface area contributed by atoms with Gasteiger partial charge in [-0.2, -0.15) is 0 Å². The van der Waals surface area contributed by atoms with Gasteiger partial charge >= 0.3 is 0 Å². The molecule has 6 nitrogen and oxygen atoms in total. The predicted octanol–water partition coefficient (Wildman–Crippen LogP) is 4.99. The molecule has 1 aromatic heterocycles. The molecule has 0 aliphatic heterocycles. The number of fused-ring (bicyclic) bond motifs is 1. The summed E-state index contributed by atoms with van der Waals surface area (Å²) in [6.45, 7) is 1.18. The highest BCUT2D eigenvalue weighted by molar-refractivity contribution is 14.0. The number of benzene rings is 3. The Morgan fingerprint density at radius 3 is 2.48 bits per heavy atom. The first kappa shape index (κ1) is 22.6. The average molecular weight is 528 g/mol. The van der Waals surface area contributed by atoms with E-state index in [0.29, 0.717) is 24.9 Å². The number of ether oxygens (including phenoxy) is 1. The van der Waals surface area contributed by atoms with Gasteiger partial charge in [0.1, 0.15) is 12.0 Å². The molecule has 0 spiro atoms. The minimum Gasteiger partial charge on any atom is -0.497 e. The molecule has 0 saturated carbocycles. The summed E-state index contributed by atoms with van der Waals surface area (Å²) in [5.41, 5.74) is 2.94. The van der Waals surface area contributed by atoms with Crippen LogP contribution in [0.2, 0.25) is 0 Å². The molecule has 0 radical (unpaired) electrons. The SMILES string of the molecule is CN=C(NCc1ccc2cc(OC)ccc2c1)NCc1coc(-c2ccccc2)n1.I. The van der Waals surface area contributed by atoms with Gasteiger partial charge in [-0.15, -0.1) is 24.0 Å². The summed E-state index contributed by atoms with van der Waals surface area (Å²) >= 11 is 0. The predicted molar refractivity (Wildman–Crippen MR) is 135 cm³/mol. The first-order valence-electron chi connectivity index (χ1n) is 9.76. The van der Waals surface area contributed by atoms with E-state index < -0.39 is 0 Å². The van der Waals surface area contributed by atoms with Crippen molar-refractivity contribution >= 4 is 40.7 Å². The fraction of sp³-hybridized carbons (Fsp3) is 0.167. The average Bonchev–Trinajstić information content (AvgIpc) is 3.28.